The number of aromatic nitrogens is 1. The molecule has 5 heteroatoms. The van der Waals surface area contributed by atoms with Crippen molar-refractivity contribution in [2.45, 2.75) is 37.8 Å². The Bertz CT molecular complexity index is 577. The minimum atomic E-state index is 0.474. The lowest BCUT2D eigenvalue weighted by atomic mass is 9.91. The van der Waals surface area contributed by atoms with E-state index in [4.69, 9.17) is 16.0 Å². The van der Waals surface area contributed by atoms with E-state index in [1.54, 1.807) is 12.5 Å². The molecule has 4 nitrogen and oxygen atoms in total. The van der Waals surface area contributed by atoms with Crippen LogP contribution >= 0.6 is 11.6 Å². The van der Waals surface area contributed by atoms with Gasteiger partial charge in [-0.3, -0.25) is 0 Å². The summed E-state index contributed by atoms with van der Waals surface area (Å²) in [5, 5.41) is 7.47. The minimum absolute atomic E-state index is 0.474. The molecule has 0 saturated heterocycles. The van der Waals surface area contributed by atoms with Crippen molar-refractivity contribution in [2.75, 3.05) is 12.4 Å². The van der Waals surface area contributed by atoms with Crippen LogP contribution in [-0.2, 0) is 0 Å². The highest BCUT2D eigenvalue weighted by atomic mass is 35.5. The summed E-state index contributed by atoms with van der Waals surface area (Å²) in [4.78, 5) is 4.17. The molecule has 1 saturated carbocycles. The predicted molar refractivity (Wildman–Crippen MR) is 85.7 cm³/mol. The van der Waals surface area contributed by atoms with Crippen molar-refractivity contribution >= 4 is 17.3 Å². The van der Waals surface area contributed by atoms with E-state index in [1.807, 2.05) is 25.2 Å². The van der Waals surface area contributed by atoms with Crippen molar-refractivity contribution in [2.24, 2.45) is 0 Å². The highest BCUT2D eigenvalue weighted by Gasteiger charge is 2.21. The maximum atomic E-state index is 6.05. The monoisotopic (exact) mass is 305 g/mol. The maximum absolute atomic E-state index is 6.05. The summed E-state index contributed by atoms with van der Waals surface area (Å²) < 4.78 is 5.49. The van der Waals surface area contributed by atoms with Gasteiger partial charge in [-0.05, 0) is 50.9 Å². The summed E-state index contributed by atoms with van der Waals surface area (Å²) in [5.41, 5.74) is 1.96. The van der Waals surface area contributed by atoms with Gasteiger partial charge >= 0.3 is 0 Å². The van der Waals surface area contributed by atoms with E-state index in [0.29, 0.717) is 17.2 Å². The molecule has 21 heavy (non-hydrogen) atoms. The second-order valence-corrected chi connectivity index (χ2v) is 5.90. The highest BCUT2D eigenvalue weighted by molar-refractivity contribution is 6.29. The van der Waals surface area contributed by atoms with Crippen LogP contribution in [0, 0.1) is 0 Å². The molecule has 1 aliphatic rings. The molecule has 2 N–H and O–H groups in total. The number of hydrogen-bond donors (Lipinski definition) is 2. The van der Waals surface area contributed by atoms with Crippen LogP contribution < -0.4 is 10.6 Å². The van der Waals surface area contributed by atoms with Gasteiger partial charge in [-0.1, -0.05) is 11.6 Å². The minimum Gasteiger partial charge on any atom is -0.464 e. The molecule has 3 rings (SSSR count). The second-order valence-electron chi connectivity index (χ2n) is 5.51. The van der Waals surface area contributed by atoms with E-state index in [0.717, 1.165) is 29.9 Å². The van der Waals surface area contributed by atoms with Gasteiger partial charge in [-0.2, -0.15) is 0 Å². The standard InChI is InChI=1S/C16H20ClN3O/c1-18-11-4-6-12(7-5-11)20-14-9-16(17)19-10-13(14)15-3-2-8-21-15/h2-3,8-12,18H,4-7H2,1H3,(H,19,20). The number of nitrogens with one attached hydrogen (secondary N) is 2. The fourth-order valence-corrected chi connectivity index (χ4v) is 3.08. The number of anilines is 1. The second kappa shape index (κ2) is 6.50. The lowest BCUT2D eigenvalue weighted by Crippen LogP contribution is -2.35. The van der Waals surface area contributed by atoms with Gasteiger partial charge in [0.1, 0.15) is 10.9 Å². The molecule has 2 aromatic rings. The van der Waals surface area contributed by atoms with E-state index >= 15 is 0 Å². The first-order valence-corrected chi connectivity index (χ1v) is 7.77. The van der Waals surface area contributed by atoms with E-state index in [1.165, 1.54) is 12.8 Å². The van der Waals surface area contributed by atoms with Crippen LogP contribution in [0.15, 0.2) is 35.1 Å². The first-order valence-electron chi connectivity index (χ1n) is 7.39. The third-order valence-corrected chi connectivity index (χ3v) is 4.36. The molecular weight excluding hydrogens is 286 g/mol. The smallest absolute Gasteiger partial charge is 0.137 e. The Morgan fingerprint density at radius 2 is 2.00 bits per heavy atom. The topological polar surface area (TPSA) is 50.1 Å². The van der Waals surface area contributed by atoms with Gasteiger partial charge < -0.3 is 15.1 Å². The van der Waals surface area contributed by atoms with Crippen LogP contribution in [0.4, 0.5) is 5.69 Å². The van der Waals surface area contributed by atoms with Crippen molar-refractivity contribution in [3.05, 3.63) is 35.8 Å². The van der Waals surface area contributed by atoms with Gasteiger partial charge in [0.05, 0.1) is 11.8 Å². The maximum Gasteiger partial charge on any atom is 0.137 e. The molecule has 2 aromatic heterocycles. The highest BCUT2D eigenvalue weighted by Crippen LogP contribution is 2.32. The Labute approximate surface area is 129 Å². The van der Waals surface area contributed by atoms with E-state index in [9.17, 15) is 0 Å². The molecule has 0 aliphatic heterocycles. The molecule has 0 aromatic carbocycles. The van der Waals surface area contributed by atoms with Crippen molar-refractivity contribution in [1.82, 2.24) is 10.3 Å². The molecular formula is C16H20ClN3O. The van der Waals surface area contributed by atoms with Crippen molar-refractivity contribution in [1.29, 1.82) is 0 Å². The van der Waals surface area contributed by atoms with Crippen LogP contribution in [0.1, 0.15) is 25.7 Å². The molecule has 0 amide bonds. The summed E-state index contributed by atoms with van der Waals surface area (Å²) in [6.07, 6.45) is 8.15. The van der Waals surface area contributed by atoms with Crippen molar-refractivity contribution in [3.63, 3.8) is 0 Å². The SMILES string of the molecule is CNC1CCC(Nc2cc(Cl)ncc2-c2ccco2)CC1. The molecule has 2 heterocycles. The molecule has 0 spiro atoms. The van der Waals surface area contributed by atoms with Crippen LogP contribution in [-0.4, -0.2) is 24.1 Å². The molecule has 1 aliphatic carbocycles. The lowest BCUT2D eigenvalue weighted by Gasteiger charge is -2.30. The van der Waals surface area contributed by atoms with Crippen LogP contribution in [0.3, 0.4) is 0 Å². The average molecular weight is 306 g/mol. The summed E-state index contributed by atoms with van der Waals surface area (Å²) >= 11 is 6.05. The third-order valence-electron chi connectivity index (χ3n) is 4.15. The van der Waals surface area contributed by atoms with E-state index < -0.39 is 0 Å². The first kappa shape index (κ1) is 14.4. The van der Waals surface area contributed by atoms with E-state index in [-0.39, 0.29) is 0 Å². The Morgan fingerprint density at radius 1 is 1.24 bits per heavy atom. The fraction of sp³-hybridized carbons (Fsp3) is 0.438. The van der Waals surface area contributed by atoms with Gasteiger partial charge in [0.25, 0.3) is 0 Å². The molecule has 0 unspecified atom stereocenters. The number of nitrogens with zero attached hydrogens (tertiary/aromatic N) is 1. The quantitative estimate of drug-likeness (QED) is 0.840. The summed E-state index contributed by atoms with van der Waals surface area (Å²) in [6, 6.07) is 6.82. The summed E-state index contributed by atoms with van der Waals surface area (Å²) in [5.74, 6) is 0.811. The van der Waals surface area contributed by atoms with Gasteiger partial charge in [0.2, 0.25) is 0 Å². The Hall–Kier alpha value is -1.52. The van der Waals surface area contributed by atoms with Crippen molar-refractivity contribution in [3.8, 4) is 11.3 Å². The van der Waals surface area contributed by atoms with Gasteiger partial charge in [0.15, 0.2) is 0 Å². The van der Waals surface area contributed by atoms with Crippen LogP contribution in [0.25, 0.3) is 11.3 Å². The first-order chi connectivity index (χ1) is 10.3. The summed E-state index contributed by atoms with van der Waals surface area (Å²) in [7, 11) is 2.04. The molecule has 112 valence electrons. The number of hydrogen-bond acceptors (Lipinski definition) is 4. The zero-order valence-electron chi connectivity index (χ0n) is 12.1. The number of rotatable bonds is 4. The lowest BCUT2D eigenvalue weighted by molar-refractivity contribution is 0.371. The molecule has 1 fully saturated rings. The fourth-order valence-electron chi connectivity index (χ4n) is 2.92. The van der Waals surface area contributed by atoms with Gasteiger partial charge in [-0.15, -0.1) is 0 Å². The number of pyridine rings is 1. The van der Waals surface area contributed by atoms with Crippen molar-refractivity contribution < 1.29 is 4.42 Å². The zero-order valence-corrected chi connectivity index (χ0v) is 12.9. The third kappa shape index (κ3) is 3.39. The number of halogens is 1. The number of furan rings is 1. The molecule has 0 radical (unpaired) electrons. The Kier molecular flexibility index (Phi) is 4.46. The molecule has 0 bridgehead atoms. The Balaban J connectivity index is 1.77. The van der Waals surface area contributed by atoms with Gasteiger partial charge in [0, 0.05) is 24.0 Å². The zero-order chi connectivity index (χ0) is 14.7. The predicted octanol–water partition coefficient (Wildman–Crippen LogP) is 3.94. The van der Waals surface area contributed by atoms with Crippen LogP contribution in [0.5, 0.6) is 0 Å². The summed E-state index contributed by atoms with van der Waals surface area (Å²) in [6.45, 7) is 0. The average Bonchev–Trinajstić information content (AvgIpc) is 3.02. The Morgan fingerprint density at radius 3 is 2.67 bits per heavy atom. The van der Waals surface area contributed by atoms with Gasteiger partial charge in [-0.25, -0.2) is 4.98 Å². The largest absolute Gasteiger partial charge is 0.464 e. The van der Waals surface area contributed by atoms with Crippen LogP contribution in [0.2, 0.25) is 5.15 Å². The van der Waals surface area contributed by atoms with E-state index in [2.05, 4.69) is 15.6 Å². The normalized spacial score (nSPS) is 22.2. The molecule has 0 atom stereocenters.